The summed E-state index contributed by atoms with van der Waals surface area (Å²) in [5.41, 5.74) is 5.90. The normalized spacial score (nSPS) is 10.5. The number of nitrogens with two attached hydrogens (primary N) is 1. The zero-order valence-corrected chi connectivity index (χ0v) is 11.0. The fraction of sp³-hybridized carbons (Fsp3) is 0.308. The van der Waals surface area contributed by atoms with E-state index in [1.807, 2.05) is 0 Å². The van der Waals surface area contributed by atoms with Crippen molar-refractivity contribution in [2.75, 3.05) is 13.7 Å². The van der Waals surface area contributed by atoms with Gasteiger partial charge in [-0.25, -0.2) is 4.98 Å². The van der Waals surface area contributed by atoms with Crippen LogP contribution in [0.4, 0.5) is 5.69 Å². The molecule has 0 fully saturated rings. The van der Waals surface area contributed by atoms with Gasteiger partial charge in [0, 0.05) is 18.1 Å². The molecule has 7 heteroatoms. The molecule has 0 bridgehead atoms. The van der Waals surface area contributed by atoms with Crippen LogP contribution in [0.15, 0.2) is 28.8 Å². The number of nitro benzene ring substituents is 1. The second kappa shape index (κ2) is 6.16. The summed E-state index contributed by atoms with van der Waals surface area (Å²) in [6.45, 7) is 0.561. The maximum Gasteiger partial charge on any atom is 0.311 e. The highest BCUT2D eigenvalue weighted by Crippen LogP contribution is 2.32. The maximum absolute atomic E-state index is 11.0. The molecule has 0 saturated heterocycles. The number of nitrogens with zero attached hydrogens (tertiary/aromatic N) is 2. The highest BCUT2D eigenvalue weighted by atomic mass is 16.6. The van der Waals surface area contributed by atoms with E-state index in [9.17, 15) is 10.1 Å². The van der Waals surface area contributed by atoms with Gasteiger partial charge in [-0.05, 0) is 25.1 Å². The van der Waals surface area contributed by atoms with Gasteiger partial charge in [-0.15, -0.1) is 0 Å². The van der Waals surface area contributed by atoms with E-state index in [1.165, 1.54) is 19.2 Å². The van der Waals surface area contributed by atoms with Gasteiger partial charge >= 0.3 is 5.69 Å². The largest absolute Gasteiger partial charge is 0.490 e. The molecule has 1 aromatic heterocycles. The minimum atomic E-state index is -0.492. The first-order valence-electron chi connectivity index (χ1n) is 6.13. The summed E-state index contributed by atoms with van der Waals surface area (Å²) < 4.78 is 10.5. The van der Waals surface area contributed by atoms with Crippen LogP contribution in [0, 0.1) is 10.1 Å². The molecule has 20 heavy (non-hydrogen) atoms. The molecule has 2 rings (SSSR count). The molecule has 0 unspecified atom stereocenters. The molecule has 2 aromatic rings. The Kier molecular flexibility index (Phi) is 4.31. The first kappa shape index (κ1) is 14.0. The Labute approximate surface area is 115 Å². The van der Waals surface area contributed by atoms with Gasteiger partial charge < -0.3 is 14.9 Å². The lowest BCUT2D eigenvalue weighted by atomic mass is 10.1. The molecule has 0 aliphatic heterocycles. The van der Waals surface area contributed by atoms with Crippen molar-refractivity contribution in [2.45, 2.75) is 12.8 Å². The number of hydrogen-bond acceptors (Lipinski definition) is 6. The lowest BCUT2D eigenvalue weighted by Gasteiger charge is -2.02. The van der Waals surface area contributed by atoms with Crippen LogP contribution in [0.1, 0.15) is 12.3 Å². The zero-order valence-electron chi connectivity index (χ0n) is 11.0. The SMILES string of the molecule is COc1ccc(-c2cnc(CCCN)o2)cc1[N+](=O)[O-]. The summed E-state index contributed by atoms with van der Waals surface area (Å²) in [5, 5.41) is 11.0. The summed E-state index contributed by atoms with van der Waals surface area (Å²) in [6, 6.07) is 4.64. The van der Waals surface area contributed by atoms with Gasteiger partial charge in [-0.1, -0.05) is 0 Å². The molecule has 0 saturated carbocycles. The molecular formula is C13H15N3O4. The molecule has 0 atom stereocenters. The second-order valence-corrected chi connectivity index (χ2v) is 4.15. The topological polar surface area (TPSA) is 104 Å². The first-order chi connectivity index (χ1) is 9.65. The summed E-state index contributed by atoms with van der Waals surface area (Å²) in [5.74, 6) is 1.27. The lowest BCUT2D eigenvalue weighted by molar-refractivity contribution is -0.385. The average molecular weight is 277 g/mol. The number of hydrogen-bond donors (Lipinski definition) is 1. The van der Waals surface area contributed by atoms with Crippen LogP contribution < -0.4 is 10.5 Å². The van der Waals surface area contributed by atoms with Crippen LogP contribution in [0.25, 0.3) is 11.3 Å². The molecule has 0 amide bonds. The molecule has 1 aromatic carbocycles. The Morgan fingerprint density at radius 3 is 2.95 bits per heavy atom. The summed E-state index contributed by atoms with van der Waals surface area (Å²) in [7, 11) is 1.39. The van der Waals surface area contributed by atoms with Crippen LogP contribution in [0.5, 0.6) is 5.75 Å². The minimum Gasteiger partial charge on any atom is -0.490 e. The van der Waals surface area contributed by atoms with Gasteiger partial charge in [0.2, 0.25) is 0 Å². The van der Waals surface area contributed by atoms with Crippen LogP contribution in [0.3, 0.4) is 0 Å². The standard InChI is InChI=1S/C13H15N3O4/c1-19-11-5-4-9(7-10(11)16(17)18)12-8-15-13(20-12)3-2-6-14/h4-5,7-8H,2-3,6,14H2,1H3. The quantitative estimate of drug-likeness (QED) is 0.640. The first-order valence-corrected chi connectivity index (χ1v) is 6.13. The molecule has 1 heterocycles. The molecule has 0 aliphatic carbocycles. The number of methoxy groups -OCH3 is 1. The summed E-state index contributed by atoms with van der Waals surface area (Å²) >= 11 is 0. The Hall–Kier alpha value is -2.41. The maximum atomic E-state index is 11.0. The molecule has 0 aliphatic rings. The number of aromatic nitrogens is 1. The number of ether oxygens (including phenoxy) is 1. The number of aryl methyl sites for hydroxylation is 1. The fourth-order valence-electron chi connectivity index (χ4n) is 1.80. The Balaban J connectivity index is 2.30. The van der Waals surface area contributed by atoms with Crippen molar-refractivity contribution in [2.24, 2.45) is 5.73 Å². The van der Waals surface area contributed by atoms with Gasteiger partial charge in [0.15, 0.2) is 17.4 Å². The van der Waals surface area contributed by atoms with E-state index >= 15 is 0 Å². The van der Waals surface area contributed by atoms with E-state index in [0.717, 1.165) is 6.42 Å². The van der Waals surface area contributed by atoms with E-state index in [-0.39, 0.29) is 11.4 Å². The monoisotopic (exact) mass is 277 g/mol. The predicted molar refractivity (Wildman–Crippen MR) is 72.5 cm³/mol. The van der Waals surface area contributed by atoms with E-state index < -0.39 is 4.92 Å². The van der Waals surface area contributed by atoms with Gasteiger partial charge in [-0.2, -0.15) is 0 Å². The van der Waals surface area contributed by atoms with Crippen molar-refractivity contribution >= 4 is 5.69 Å². The third-order valence-electron chi connectivity index (χ3n) is 2.81. The van der Waals surface area contributed by atoms with Gasteiger partial charge in [0.05, 0.1) is 18.2 Å². The third-order valence-corrected chi connectivity index (χ3v) is 2.81. The Bertz CT molecular complexity index is 609. The van der Waals surface area contributed by atoms with Crippen LogP contribution in [-0.2, 0) is 6.42 Å². The van der Waals surface area contributed by atoms with Gasteiger partial charge in [0.25, 0.3) is 0 Å². The second-order valence-electron chi connectivity index (χ2n) is 4.15. The number of benzene rings is 1. The summed E-state index contributed by atoms with van der Waals surface area (Å²) in [4.78, 5) is 14.6. The van der Waals surface area contributed by atoms with E-state index in [4.69, 9.17) is 14.9 Å². The zero-order chi connectivity index (χ0) is 14.5. The van der Waals surface area contributed by atoms with Crippen LogP contribution in [-0.4, -0.2) is 23.6 Å². The third kappa shape index (κ3) is 2.94. The molecular weight excluding hydrogens is 262 g/mol. The van der Waals surface area contributed by atoms with Crippen molar-refractivity contribution < 1.29 is 14.1 Å². The smallest absolute Gasteiger partial charge is 0.311 e. The lowest BCUT2D eigenvalue weighted by Crippen LogP contribution is -2.00. The Morgan fingerprint density at radius 2 is 2.30 bits per heavy atom. The molecule has 0 spiro atoms. The number of oxazole rings is 1. The van der Waals surface area contributed by atoms with Crippen molar-refractivity contribution in [3.63, 3.8) is 0 Å². The minimum absolute atomic E-state index is 0.107. The molecule has 0 radical (unpaired) electrons. The van der Waals surface area contributed by atoms with Gasteiger partial charge in [-0.3, -0.25) is 10.1 Å². The van der Waals surface area contributed by atoms with Crippen LogP contribution in [0.2, 0.25) is 0 Å². The fourth-order valence-corrected chi connectivity index (χ4v) is 1.80. The summed E-state index contributed by atoms with van der Waals surface area (Å²) in [6.07, 6.45) is 2.98. The molecule has 2 N–H and O–H groups in total. The van der Waals surface area contributed by atoms with E-state index in [1.54, 1.807) is 12.3 Å². The van der Waals surface area contributed by atoms with Crippen molar-refractivity contribution in [3.8, 4) is 17.1 Å². The van der Waals surface area contributed by atoms with E-state index in [0.29, 0.717) is 30.2 Å². The number of nitro groups is 1. The van der Waals surface area contributed by atoms with Crippen molar-refractivity contribution in [1.82, 2.24) is 4.98 Å². The predicted octanol–water partition coefficient (Wildman–Crippen LogP) is 2.15. The Morgan fingerprint density at radius 1 is 1.50 bits per heavy atom. The average Bonchev–Trinajstić information content (AvgIpc) is 2.93. The number of rotatable bonds is 6. The van der Waals surface area contributed by atoms with Crippen LogP contribution >= 0.6 is 0 Å². The van der Waals surface area contributed by atoms with E-state index in [2.05, 4.69) is 4.98 Å². The molecule has 106 valence electrons. The van der Waals surface area contributed by atoms with Crippen molar-refractivity contribution in [1.29, 1.82) is 0 Å². The highest BCUT2D eigenvalue weighted by molar-refractivity contribution is 5.64. The highest BCUT2D eigenvalue weighted by Gasteiger charge is 2.17. The molecule has 7 nitrogen and oxygen atoms in total. The van der Waals surface area contributed by atoms with Crippen molar-refractivity contribution in [3.05, 3.63) is 40.4 Å². The van der Waals surface area contributed by atoms with Gasteiger partial charge in [0.1, 0.15) is 0 Å².